The highest BCUT2D eigenvalue weighted by Crippen LogP contribution is 2.32. The molecule has 0 saturated carbocycles. The van der Waals surface area contributed by atoms with E-state index in [0.29, 0.717) is 12.3 Å². The molecular formula is C15H20N2O2. The Morgan fingerprint density at radius 2 is 1.79 bits per heavy atom. The molecule has 1 unspecified atom stereocenters. The molecule has 102 valence electrons. The van der Waals surface area contributed by atoms with Gasteiger partial charge in [-0.1, -0.05) is 6.92 Å². The van der Waals surface area contributed by atoms with Gasteiger partial charge >= 0.3 is 0 Å². The second-order valence-electron chi connectivity index (χ2n) is 4.73. The van der Waals surface area contributed by atoms with Crippen LogP contribution in [0.5, 0.6) is 11.5 Å². The summed E-state index contributed by atoms with van der Waals surface area (Å²) >= 11 is 0. The summed E-state index contributed by atoms with van der Waals surface area (Å²) < 4.78 is 10.6. The highest BCUT2D eigenvalue weighted by atomic mass is 16.5. The summed E-state index contributed by atoms with van der Waals surface area (Å²) in [7, 11) is 3.26. The van der Waals surface area contributed by atoms with Gasteiger partial charge in [0, 0.05) is 29.6 Å². The van der Waals surface area contributed by atoms with Gasteiger partial charge in [-0.05, 0) is 24.6 Å². The molecule has 4 nitrogen and oxygen atoms in total. The van der Waals surface area contributed by atoms with E-state index in [1.165, 1.54) is 0 Å². The van der Waals surface area contributed by atoms with Gasteiger partial charge in [0.1, 0.15) is 0 Å². The lowest BCUT2D eigenvalue weighted by Crippen LogP contribution is -2.12. The largest absolute Gasteiger partial charge is 0.493 e. The number of nitrogens with zero attached hydrogens (tertiary/aromatic N) is 1. The number of hydrogen-bond acceptors (Lipinski definition) is 4. The van der Waals surface area contributed by atoms with Crippen molar-refractivity contribution >= 4 is 10.9 Å². The van der Waals surface area contributed by atoms with Crippen molar-refractivity contribution in [1.82, 2.24) is 4.98 Å². The van der Waals surface area contributed by atoms with Gasteiger partial charge in [-0.15, -0.1) is 0 Å². The van der Waals surface area contributed by atoms with Crippen LogP contribution < -0.4 is 15.2 Å². The Balaban J connectivity index is 2.65. The summed E-state index contributed by atoms with van der Waals surface area (Å²) in [5.41, 5.74) is 8.83. The number of hydrogen-bond donors (Lipinski definition) is 1. The van der Waals surface area contributed by atoms with Crippen molar-refractivity contribution in [1.29, 1.82) is 0 Å². The summed E-state index contributed by atoms with van der Waals surface area (Å²) in [6, 6.07) is 5.97. The maximum atomic E-state index is 5.73. The highest BCUT2D eigenvalue weighted by molar-refractivity contribution is 5.83. The van der Waals surface area contributed by atoms with E-state index in [1.807, 2.05) is 12.1 Å². The molecule has 2 N–H and O–H groups in total. The van der Waals surface area contributed by atoms with Crippen molar-refractivity contribution < 1.29 is 9.47 Å². The van der Waals surface area contributed by atoms with Gasteiger partial charge in [0.05, 0.1) is 19.7 Å². The third kappa shape index (κ3) is 2.49. The molecule has 1 aromatic carbocycles. The van der Waals surface area contributed by atoms with E-state index in [9.17, 15) is 0 Å². The number of fused-ring (bicyclic) bond motifs is 1. The Morgan fingerprint density at radius 1 is 1.16 bits per heavy atom. The molecule has 0 saturated heterocycles. The topological polar surface area (TPSA) is 57.4 Å². The van der Waals surface area contributed by atoms with Crippen molar-refractivity contribution in [2.24, 2.45) is 5.73 Å². The van der Waals surface area contributed by atoms with Crippen LogP contribution in [0.25, 0.3) is 10.9 Å². The zero-order valence-corrected chi connectivity index (χ0v) is 11.9. The molecular weight excluding hydrogens is 240 g/mol. The first-order valence-corrected chi connectivity index (χ1v) is 6.34. The molecule has 1 aromatic heterocycles. The van der Waals surface area contributed by atoms with Crippen LogP contribution in [0, 0.1) is 6.92 Å². The van der Waals surface area contributed by atoms with E-state index in [0.717, 1.165) is 27.9 Å². The molecule has 0 aliphatic heterocycles. The quantitative estimate of drug-likeness (QED) is 0.918. The second kappa shape index (κ2) is 5.45. The van der Waals surface area contributed by atoms with Gasteiger partial charge in [0.15, 0.2) is 11.5 Å². The number of benzene rings is 1. The highest BCUT2D eigenvalue weighted by Gasteiger charge is 2.12. The molecule has 2 rings (SSSR count). The third-order valence-electron chi connectivity index (χ3n) is 3.37. The number of pyridine rings is 1. The number of aryl methyl sites for hydroxylation is 1. The predicted octanol–water partition coefficient (Wildman–Crippen LogP) is 2.62. The minimum absolute atomic E-state index is 0.248. The van der Waals surface area contributed by atoms with E-state index in [4.69, 9.17) is 20.2 Å². The van der Waals surface area contributed by atoms with E-state index in [-0.39, 0.29) is 5.92 Å². The first-order chi connectivity index (χ1) is 9.10. The SMILES string of the molecule is COc1cc2cc(C)c(C(C)CN)nc2cc1OC. The Labute approximate surface area is 113 Å². The molecule has 0 aliphatic carbocycles. The molecule has 0 spiro atoms. The number of methoxy groups -OCH3 is 2. The van der Waals surface area contributed by atoms with E-state index in [2.05, 4.69) is 19.9 Å². The minimum Gasteiger partial charge on any atom is -0.493 e. The molecule has 1 heterocycles. The smallest absolute Gasteiger partial charge is 0.162 e. The first kappa shape index (κ1) is 13.6. The Hall–Kier alpha value is -1.81. The Kier molecular flexibility index (Phi) is 3.90. The van der Waals surface area contributed by atoms with E-state index in [1.54, 1.807) is 14.2 Å². The van der Waals surface area contributed by atoms with Crippen molar-refractivity contribution in [3.05, 3.63) is 29.5 Å². The Morgan fingerprint density at radius 3 is 2.37 bits per heavy atom. The normalized spacial score (nSPS) is 12.5. The molecule has 0 aliphatic rings. The molecule has 0 radical (unpaired) electrons. The number of aromatic nitrogens is 1. The fourth-order valence-electron chi connectivity index (χ4n) is 2.23. The van der Waals surface area contributed by atoms with Gasteiger partial charge in [-0.25, -0.2) is 0 Å². The van der Waals surface area contributed by atoms with Crippen LogP contribution in [0.15, 0.2) is 18.2 Å². The lowest BCUT2D eigenvalue weighted by molar-refractivity contribution is 0.356. The Bertz CT molecular complexity index is 596. The fourth-order valence-corrected chi connectivity index (χ4v) is 2.23. The van der Waals surface area contributed by atoms with Gasteiger partial charge in [-0.2, -0.15) is 0 Å². The number of rotatable bonds is 4. The predicted molar refractivity (Wildman–Crippen MR) is 77.1 cm³/mol. The summed E-state index contributed by atoms with van der Waals surface area (Å²) in [6.07, 6.45) is 0. The van der Waals surface area contributed by atoms with Crippen LogP contribution in [0.4, 0.5) is 0 Å². The average molecular weight is 260 g/mol. The molecule has 0 bridgehead atoms. The van der Waals surface area contributed by atoms with Crippen LogP contribution in [0.3, 0.4) is 0 Å². The van der Waals surface area contributed by atoms with Gasteiger partial charge < -0.3 is 15.2 Å². The maximum absolute atomic E-state index is 5.73. The van der Waals surface area contributed by atoms with Crippen molar-refractivity contribution in [3.8, 4) is 11.5 Å². The zero-order valence-electron chi connectivity index (χ0n) is 11.9. The monoisotopic (exact) mass is 260 g/mol. The second-order valence-corrected chi connectivity index (χ2v) is 4.73. The van der Waals surface area contributed by atoms with Crippen LogP contribution in [0.2, 0.25) is 0 Å². The summed E-state index contributed by atoms with van der Waals surface area (Å²) in [5, 5.41) is 1.04. The van der Waals surface area contributed by atoms with Gasteiger partial charge in [0.2, 0.25) is 0 Å². The molecule has 4 heteroatoms. The van der Waals surface area contributed by atoms with E-state index < -0.39 is 0 Å². The molecule has 2 aromatic rings. The first-order valence-electron chi connectivity index (χ1n) is 6.34. The minimum atomic E-state index is 0.248. The van der Waals surface area contributed by atoms with Crippen LogP contribution in [0.1, 0.15) is 24.1 Å². The van der Waals surface area contributed by atoms with Crippen LogP contribution in [-0.2, 0) is 0 Å². The summed E-state index contributed by atoms with van der Waals surface area (Å²) in [5.74, 6) is 1.66. The van der Waals surface area contributed by atoms with Crippen molar-refractivity contribution in [3.63, 3.8) is 0 Å². The molecule has 0 fully saturated rings. The molecule has 0 amide bonds. The van der Waals surface area contributed by atoms with E-state index >= 15 is 0 Å². The standard InChI is InChI=1S/C15H20N2O2/c1-9-5-11-6-13(18-3)14(19-4)7-12(11)17-15(9)10(2)8-16/h5-7,10H,8,16H2,1-4H3. The third-order valence-corrected chi connectivity index (χ3v) is 3.37. The number of nitrogens with two attached hydrogens (primary N) is 1. The average Bonchev–Trinajstić information content (AvgIpc) is 2.44. The maximum Gasteiger partial charge on any atom is 0.162 e. The van der Waals surface area contributed by atoms with Crippen molar-refractivity contribution in [2.75, 3.05) is 20.8 Å². The number of ether oxygens (including phenoxy) is 2. The van der Waals surface area contributed by atoms with Crippen LogP contribution >= 0.6 is 0 Å². The lowest BCUT2D eigenvalue weighted by atomic mass is 10.0. The lowest BCUT2D eigenvalue weighted by Gasteiger charge is -2.14. The molecule has 19 heavy (non-hydrogen) atoms. The molecule has 1 atom stereocenters. The summed E-state index contributed by atoms with van der Waals surface area (Å²) in [4.78, 5) is 4.71. The zero-order chi connectivity index (χ0) is 14.0. The van der Waals surface area contributed by atoms with Crippen molar-refractivity contribution in [2.45, 2.75) is 19.8 Å². The van der Waals surface area contributed by atoms with Crippen LogP contribution in [-0.4, -0.2) is 25.7 Å². The summed E-state index contributed by atoms with van der Waals surface area (Å²) in [6.45, 7) is 4.74. The van der Waals surface area contributed by atoms with Gasteiger partial charge in [-0.3, -0.25) is 4.98 Å². The fraction of sp³-hybridized carbons (Fsp3) is 0.400. The van der Waals surface area contributed by atoms with Gasteiger partial charge in [0.25, 0.3) is 0 Å².